The van der Waals surface area contributed by atoms with Gasteiger partial charge in [-0.3, -0.25) is 0 Å². The van der Waals surface area contributed by atoms with Gasteiger partial charge in [-0.1, -0.05) is 51.5 Å². The maximum Gasteiger partial charge on any atom is 0.187 e. The molecule has 0 bridgehead atoms. The first kappa shape index (κ1) is 14.9. The van der Waals surface area contributed by atoms with Gasteiger partial charge in [0.15, 0.2) is 8.32 Å². The first-order chi connectivity index (χ1) is 7.12. The molecule has 0 saturated heterocycles. The summed E-state index contributed by atoms with van der Waals surface area (Å²) in [6.45, 7) is 11.3. The van der Waals surface area contributed by atoms with Crippen LogP contribution in [-0.4, -0.2) is 14.9 Å². The molecule has 0 saturated carbocycles. The molecule has 0 aliphatic rings. The minimum Gasteiger partial charge on any atom is -0.414 e. The largest absolute Gasteiger partial charge is 0.414 e. The van der Waals surface area contributed by atoms with Crippen molar-refractivity contribution < 1.29 is 4.43 Å². The van der Waals surface area contributed by atoms with Gasteiger partial charge in [-0.15, -0.1) is 6.58 Å². The maximum absolute atomic E-state index is 5.83. The number of unbranched alkanes of at least 4 members (excludes halogenated alkanes) is 5. The van der Waals surface area contributed by atoms with Gasteiger partial charge in [0.25, 0.3) is 0 Å². The van der Waals surface area contributed by atoms with Crippen LogP contribution in [0.25, 0.3) is 0 Å². The van der Waals surface area contributed by atoms with E-state index < -0.39 is 8.32 Å². The van der Waals surface area contributed by atoms with Gasteiger partial charge >= 0.3 is 0 Å². The van der Waals surface area contributed by atoms with Crippen molar-refractivity contribution in [2.75, 3.05) is 6.61 Å². The zero-order valence-corrected chi connectivity index (χ0v) is 11.8. The molecule has 15 heavy (non-hydrogen) atoms. The van der Waals surface area contributed by atoms with Crippen molar-refractivity contribution in [1.29, 1.82) is 0 Å². The zero-order valence-electron chi connectivity index (χ0n) is 10.8. The summed E-state index contributed by atoms with van der Waals surface area (Å²) in [6.07, 6.45) is 10.1. The fourth-order valence-corrected chi connectivity index (χ4v) is 3.50. The Balaban J connectivity index is 3.35. The highest BCUT2D eigenvalue weighted by molar-refractivity contribution is 6.71. The standard InChI is InChI=1S/C13H28OSi/c1-5-7-8-9-10-11-13-15(3,4)14-12-6-2/h6H,2,5,7-13H2,1,3-4H3. The van der Waals surface area contributed by atoms with E-state index in [1.165, 1.54) is 44.6 Å². The molecule has 0 aliphatic carbocycles. The Morgan fingerprint density at radius 3 is 2.27 bits per heavy atom. The monoisotopic (exact) mass is 228 g/mol. The summed E-state index contributed by atoms with van der Waals surface area (Å²) in [7, 11) is -1.36. The average molecular weight is 228 g/mol. The van der Waals surface area contributed by atoms with Crippen LogP contribution < -0.4 is 0 Å². The Kier molecular flexibility index (Phi) is 9.11. The van der Waals surface area contributed by atoms with E-state index >= 15 is 0 Å². The van der Waals surface area contributed by atoms with Gasteiger partial charge in [-0.25, -0.2) is 0 Å². The van der Waals surface area contributed by atoms with Gasteiger partial charge in [0.1, 0.15) is 0 Å². The summed E-state index contributed by atoms with van der Waals surface area (Å²) in [6, 6.07) is 1.30. The van der Waals surface area contributed by atoms with Crippen LogP contribution in [0.3, 0.4) is 0 Å². The Labute approximate surface area is 97.0 Å². The first-order valence-corrected chi connectivity index (χ1v) is 9.49. The molecule has 0 aromatic heterocycles. The highest BCUT2D eigenvalue weighted by Gasteiger charge is 2.20. The SMILES string of the molecule is C=CCO[Si](C)(C)CCCCCCCC. The Bertz CT molecular complexity index is 155. The fraction of sp³-hybridized carbons (Fsp3) is 0.846. The van der Waals surface area contributed by atoms with Crippen LogP contribution in [-0.2, 0) is 4.43 Å². The quantitative estimate of drug-likeness (QED) is 0.298. The molecule has 0 rings (SSSR count). The molecular weight excluding hydrogens is 200 g/mol. The highest BCUT2D eigenvalue weighted by Crippen LogP contribution is 2.17. The number of rotatable bonds is 10. The average Bonchev–Trinajstić information content (AvgIpc) is 2.20. The van der Waals surface area contributed by atoms with Crippen molar-refractivity contribution in [2.24, 2.45) is 0 Å². The summed E-state index contributed by atoms with van der Waals surface area (Å²) in [5, 5.41) is 0. The van der Waals surface area contributed by atoms with Crippen molar-refractivity contribution in [3.05, 3.63) is 12.7 Å². The summed E-state index contributed by atoms with van der Waals surface area (Å²) in [5.74, 6) is 0. The summed E-state index contributed by atoms with van der Waals surface area (Å²) < 4.78 is 5.83. The predicted molar refractivity (Wildman–Crippen MR) is 71.8 cm³/mol. The zero-order chi connectivity index (χ0) is 11.6. The molecule has 0 heterocycles. The smallest absolute Gasteiger partial charge is 0.187 e. The van der Waals surface area contributed by atoms with Crippen molar-refractivity contribution in [2.45, 2.75) is 64.6 Å². The molecule has 0 atom stereocenters. The first-order valence-electron chi connectivity index (χ1n) is 6.37. The second-order valence-corrected chi connectivity index (χ2v) is 9.19. The minimum absolute atomic E-state index is 0.731. The lowest BCUT2D eigenvalue weighted by molar-refractivity contribution is 0.350. The lowest BCUT2D eigenvalue weighted by Crippen LogP contribution is -2.30. The highest BCUT2D eigenvalue weighted by atomic mass is 28.4. The topological polar surface area (TPSA) is 9.23 Å². The molecular formula is C13H28OSi. The molecule has 0 aliphatic heterocycles. The summed E-state index contributed by atoms with van der Waals surface area (Å²) in [5.41, 5.74) is 0. The van der Waals surface area contributed by atoms with E-state index in [-0.39, 0.29) is 0 Å². The van der Waals surface area contributed by atoms with Gasteiger partial charge in [0.05, 0.1) is 6.61 Å². The third kappa shape index (κ3) is 10.2. The Morgan fingerprint density at radius 1 is 1.07 bits per heavy atom. The molecule has 0 unspecified atom stereocenters. The van der Waals surface area contributed by atoms with Gasteiger partial charge in [-0.2, -0.15) is 0 Å². The van der Waals surface area contributed by atoms with E-state index in [9.17, 15) is 0 Å². The van der Waals surface area contributed by atoms with E-state index in [4.69, 9.17) is 4.43 Å². The van der Waals surface area contributed by atoms with Gasteiger partial charge in [0, 0.05) is 0 Å². The maximum atomic E-state index is 5.83. The lowest BCUT2D eigenvalue weighted by Gasteiger charge is -2.21. The molecule has 1 nitrogen and oxygen atoms in total. The van der Waals surface area contributed by atoms with Gasteiger partial charge in [0.2, 0.25) is 0 Å². The Hall–Kier alpha value is -0.0831. The molecule has 0 aromatic rings. The fourth-order valence-electron chi connectivity index (χ4n) is 1.69. The molecule has 0 spiro atoms. The number of hydrogen-bond donors (Lipinski definition) is 0. The second kappa shape index (κ2) is 9.17. The normalized spacial score (nSPS) is 11.7. The molecule has 0 aromatic carbocycles. The van der Waals surface area contributed by atoms with Crippen molar-refractivity contribution in [3.8, 4) is 0 Å². The third-order valence-corrected chi connectivity index (χ3v) is 5.23. The predicted octanol–water partition coefficient (Wildman–Crippen LogP) is 4.75. The van der Waals surface area contributed by atoms with Gasteiger partial charge in [-0.05, 0) is 19.1 Å². The number of hydrogen-bond acceptors (Lipinski definition) is 1. The van der Waals surface area contributed by atoms with Crippen molar-refractivity contribution in [1.82, 2.24) is 0 Å². The van der Waals surface area contributed by atoms with E-state index in [0.717, 1.165) is 6.61 Å². The van der Waals surface area contributed by atoms with Crippen LogP contribution in [0, 0.1) is 0 Å². The van der Waals surface area contributed by atoms with Gasteiger partial charge < -0.3 is 4.43 Å². The van der Waals surface area contributed by atoms with Crippen molar-refractivity contribution >= 4 is 8.32 Å². The molecule has 0 N–H and O–H groups in total. The second-order valence-electron chi connectivity index (χ2n) is 4.88. The van der Waals surface area contributed by atoms with Crippen LogP contribution in [0.2, 0.25) is 19.1 Å². The summed E-state index contributed by atoms with van der Waals surface area (Å²) in [4.78, 5) is 0. The van der Waals surface area contributed by atoms with E-state index in [1.54, 1.807) is 0 Å². The lowest BCUT2D eigenvalue weighted by atomic mass is 10.1. The molecule has 90 valence electrons. The van der Waals surface area contributed by atoms with E-state index in [1.807, 2.05) is 6.08 Å². The minimum atomic E-state index is -1.36. The van der Waals surface area contributed by atoms with Crippen LogP contribution in [0.4, 0.5) is 0 Å². The van der Waals surface area contributed by atoms with Crippen molar-refractivity contribution in [3.63, 3.8) is 0 Å². The van der Waals surface area contributed by atoms with Crippen LogP contribution in [0.1, 0.15) is 45.4 Å². The van der Waals surface area contributed by atoms with Crippen LogP contribution in [0.5, 0.6) is 0 Å². The van der Waals surface area contributed by atoms with Crippen LogP contribution >= 0.6 is 0 Å². The summed E-state index contributed by atoms with van der Waals surface area (Å²) >= 11 is 0. The third-order valence-electron chi connectivity index (χ3n) is 2.72. The molecule has 2 heteroatoms. The molecule has 0 radical (unpaired) electrons. The van der Waals surface area contributed by atoms with E-state index in [2.05, 4.69) is 26.6 Å². The Morgan fingerprint density at radius 2 is 1.67 bits per heavy atom. The molecule has 0 fully saturated rings. The van der Waals surface area contributed by atoms with E-state index in [0.29, 0.717) is 0 Å². The van der Waals surface area contributed by atoms with Crippen LogP contribution in [0.15, 0.2) is 12.7 Å². The molecule has 0 amide bonds.